The van der Waals surface area contributed by atoms with Gasteiger partial charge in [-0.3, -0.25) is 4.79 Å². The fourth-order valence-corrected chi connectivity index (χ4v) is 1.19. The molecule has 0 fully saturated rings. The largest absolute Gasteiger partial charge is 0.384 e. The zero-order valence-electron chi connectivity index (χ0n) is 10.9. The van der Waals surface area contributed by atoms with Crippen molar-refractivity contribution in [3.8, 4) is 0 Å². The normalized spacial score (nSPS) is 11.6. The van der Waals surface area contributed by atoms with E-state index in [9.17, 15) is 4.79 Å². The van der Waals surface area contributed by atoms with E-state index in [0.29, 0.717) is 18.9 Å². The number of amidine groups is 1. The number of nitrogens with two attached hydrogens (primary N) is 1. The third kappa shape index (κ3) is 8.50. The first-order chi connectivity index (χ1) is 8.13. The summed E-state index contributed by atoms with van der Waals surface area (Å²) in [6.45, 7) is 4.43. The summed E-state index contributed by atoms with van der Waals surface area (Å²) in [5.74, 6) is 0.143. The van der Waals surface area contributed by atoms with Crippen LogP contribution < -0.4 is 11.1 Å². The van der Waals surface area contributed by atoms with Crippen LogP contribution in [0.25, 0.3) is 0 Å². The zero-order chi connectivity index (χ0) is 13.1. The second-order valence-corrected chi connectivity index (χ2v) is 3.68. The molecule has 6 nitrogen and oxygen atoms in total. The van der Waals surface area contributed by atoms with Crippen molar-refractivity contribution in [1.82, 2.24) is 5.32 Å². The monoisotopic (exact) mass is 245 g/mol. The quantitative estimate of drug-likeness (QED) is 0.354. The number of methoxy groups -OCH3 is 1. The van der Waals surface area contributed by atoms with E-state index in [-0.39, 0.29) is 18.6 Å². The van der Waals surface area contributed by atoms with Crippen LogP contribution in [0.15, 0.2) is 5.16 Å². The van der Waals surface area contributed by atoms with Crippen molar-refractivity contribution in [3.05, 3.63) is 0 Å². The van der Waals surface area contributed by atoms with E-state index in [4.69, 9.17) is 15.3 Å². The standard InChI is InChI=1S/C11H23N3O3/c1-4-9(5-2)13-11(15)8-17-14-10(12)6-7-16-3/h9H,4-8H2,1-3H3,(H2,12,14)(H,13,15). The van der Waals surface area contributed by atoms with Crippen LogP contribution in [0.3, 0.4) is 0 Å². The van der Waals surface area contributed by atoms with Gasteiger partial charge in [-0.05, 0) is 12.8 Å². The number of carbonyl (C=O) groups excluding carboxylic acids is 1. The Hall–Kier alpha value is -1.30. The molecule has 6 heteroatoms. The Morgan fingerprint density at radius 2 is 2.06 bits per heavy atom. The van der Waals surface area contributed by atoms with Crippen LogP contribution in [0.5, 0.6) is 0 Å². The summed E-state index contributed by atoms with van der Waals surface area (Å²) >= 11 is 0. The number of oxime groups is 1. The van der Waals surface area contributed by atoms with Gasteiger partial charge in [0.2, 0.25) is 0 Å². The van der Waals surface area contributed by atoms with Crippen LogP contribution in [0.1, 0.15) is 33.1 Å². The van der Waals surface area contributed by atoms with Gasteiger partial charge < -0.3 is 20.6 Å². The van der Waals surface area contributed by atoms with E-state index in [1.807, 2.05) is 13.8 Å². The van der Waals surface area contributed by atoms with Crippen molar-refractivity contribution in [1.29, 1.82) is 0 Å². The van der Waals surface area contributed by atoms with E-state index >= 15 is 0 Å². The van der Waals surface area contributed by atoms with Crippen molar-refractivity contribution in [3.63, 3.8) is 0 Å². The Labute approximate surface area is 103 Å². The average molecular weight is 245 g/mol. The molecule has 0 aromatic heterocycles. The molecule has 0 spiro atoms. The second-order valence-electron chi connectivity index (χ2n) is 3.68. The lowest BCUT2D eigenvalue weighted by molar-refractivity contribution is -0.126. The Kier molecular flexibility index (Phi) is 9.14. The molecule has 3 N–H and O–H groups in total. The van der Waals surface area contributed by atoms with E-state index in [1.165, 1.54) is 0 Å². The van der Waals surface area contributed by atoms with Gasteiger partial charge in [0, 0.05) is 19.6 Å². The zero-order valence-corrected chi connectivity index (χ0v) is 10.9. The van der Waals surface area contributed by atoms with E-state index in [1.54, 1.807) is 7.11 Å². The number of rotatable bonds is 9. The predicted octanol–water partition coefficient (Wildman–Crippen LogP) is 0.617. The Morgan fingerprint density at radius 3 is 2.59 bits per heavy atom. The first kappa shape index (κ1) is 15.7. The molecule has 0 aromatic rings. The molecule has 0 aromatic carbocycles. The van der Waals surface area contributed by atoms with Crippen molar-refractivity contribution in [2.24, 2.45) is 10.9 Å². The number of ether oxygens (including phenoxy) is 1. The van der Waals surface area contributed by atoms with E-state index in [2.05, 4.69) is 10.5 Å². The molecule has 100 valence electrons. The lowest BCUT2D eigenvalue weighted by Crippen LogP contribution is -2.36. The summed E-state index contributed by atoms with van der Waals surface area (Å²) in [6, 6.07) is 0.195. The molecule has 1 amide bonds. The van der Waals surface area contributed by atoms with Crippen LogP contribution in [-0.4, -0.2) is 38.1 Å². The summed E-state index contributed by atoms with van der Waals surface area (Å²) in [6.07, 6.45) is 2.30. The highest BCUT2D eigenvalue weighted by atomic mass is 16.6. The van der Waals surface area contributed by atoms with Crippen molar-refractivity contribution in [2.75, 3.05) is 20.3 Å². The van der Waals surface area contributed by atoms with Gasteiger partial charge in [-0.2, -0.15) is 0 Å². The maximum atomic E-state index is 11.4. The summed E-state index contributed by atoms with van der Waals surface area (Å²) in [5.41, 5.74) is 5.51. The van der Waals surface area contributed by atoms with Crippen LogP contribution in [0.2, 0.25) is 0 Å². The highest BCUT2D eigenvalue weighted by Gasteiger charge is 2.08. The summed E-state index contributed by atoms with van der Waals surface area (Å²) < 4.78 is 4.83. The van der Waals surface area contributed by atoms with Gasteiger partial charge in [-0.1, -0.05) is 19.0 Å². The Bertz CT molecular complexity index is 240. The minimum absolute atomic E-state index is 0.107. The molecule has 0 saturated carbocycles. The fourth-order valence-electron chi connectivity index (χ4n) is 1.19. The number of carbonyl (C=O) groups is 1. The lowest BCUT2D eigenvalue weighted by Gasteiger charge is -2.13. The van der Waals surface area contributed by atoms with Crippen LogP contribution in [-0.2, 0) is 14.4 Å². The average Bonchev–Trinajstić information content (AvgIpc) is 2.33. The maximum Gasteiger partial charge on any atom is 0.260 e. The molecule has 0 rings (SSSR count). The molecule has 0 saturated heterocycles. The Morgan fingerprint density at radius 1 is 1.41 bits per heavy atom. The summed E-state index contributed by atoms with van der Waals surface area (Å²) in [5, 5.41) is 6.45. The molecule has 0 atom stereocenters. The van der Waals surface area contributed by atoms with Gasteiger partial charge in [0.1, 0.15) is 5.84 Å². The molecule has 0 aliphatic rings. The topological polar surface area (TPSA) is 85.9 Å². The van der Waals surface area contributed by atoms with Gasteiger partial charge in [0.15, 0.2) is 6.61 Å². The lowest BCUT2D eigenvalue weighted by atomic mass is 10.2. The second kappa shape index (κ2) is 9.89. The first-order valence-electron chi connectivity index (χ1n) is 5.86. The molecule has 0 aliphatic heterocycles. The van der Waals surface area contributed by atoms with E-state index in [0.717, 1.165) is 12.8 Å². The molecular formula is C11H23N3O3. The number of amides is 1. The first-order valence-corrected chi connectivity index (χ1v) is 5.86. The number of nitrogens with one attached hydrogen (secondary N) is 1. The minimum Gasteiger partial charge on any atom is -0.384 e. The van der Waals surface area contributed by atoms with Gasteiger partial charge in [0.05, 0.1) is 6.61 Å². The molecule has 0 bridgehead atoms. The highest BCUT2D eigenvalue weighted by molar-refractivity contribution is 5.80. The van der Waals surface area contributed by atoms with Crippen LogP contribution in [0.4, 0.5) is 0 Å². The molecule has 0 unspecified atom stereocenters. The number of hydrogen-bond acceptors (Lipinski definition) is 4. The van der Waals surface area contributed by atoms with E-state index < -0.39 is 0 Å². The number of nitrogens with zero attached hydrogens (tertiary/aromatic N) is 1. The molecular weight excluding hydrogens is 222 g/mol. The van der Waals surface area contributed by atoms with Gasteiger partial charge in [0.25, 0.3) is 5.91 Å². The van der Waals surface area contributed by atoms with Crippen molar-refractivity contribution < 1.29 is 14.4 Å². The third-order valence-corrected chi connectivity index (χ3v) is 2.29. The van der Waals surface area contributed by atoms with Crippen LogP contribution >= 0.6 is 0 Å². The highest BCUT2D eigenvalue weighted by Crippen LogP contribution is 1.95. The van der Waals surface area contributed by atoms with Gasteiger partial charge >= 0.3 is 0 Å². The smallest absolute Gasteiger partial charge is 0.260 e. The molecule has 0 radical (unpaired) electrons. The van der Waals surface area contributed by atoms with Crippen LogP contribution in [0, 0.1) is 0 Å². The van der Waals surface area contributed by atoms with Crippen molar-refractivity contribution in [2.45, 2.75) is 39.2 Å². The maximum absolute atomic E-state index is 11.4. The van der Waals surface area contributed by atoms with Gasteiger partial charge in [-0.15, -0.1) is 0 Å². The molecule has 0 heterocycles. The number of hydrogen-bond donors (Lipinski definition) is 2. The molecule has 17 heavy (non-hydrogen) atoms. The Balaban J connectivity index is 3.76. The SMILES string of the molecule is CCC(CC)NC(=O)CO/N=C(\N)CCOC. The van der Waals surface area contributed by atoms with Gasteiger partial charge in [-0.25, -0.2) is 0 Å². The fraction of sp³-hybridized carbons (Fsp3) is 0.818. The molecule has 0 aliphatic carbocycles. The van der Waals surface area contributed by atoms with Crippen molar-refractivity contribution >= 4 is 11.7 Å². The third-order valence-electron chi connectivity index (χ3n) is 2.29. The predicted molar refractivity (Wildman–Crippen MR) is 66.6 cm³/mol. The summed E-state index contributed by atoms with van der Waals surface area (Å²) in [7, 11) is 1.58. The summed E-state index contributed by atoms with van der Waals surface area (Å²) in [4.78, 5) is 16.2. The minimum atomic E-state index is -0.179.